The second kappa shape index (κ2) is 6.80. The van der Waals surface area contributed by atoms with Gasteiger partial charge in [-0.1, -0.05) is 6.92 Å². The van der Waals surface area contributed by atoms with Gasteiger partial charge in [-0.25, -0.2) is 4.98 Å². The summed E-state index contributed by atoms with van der Waals surface area (Å²) in [7, 11) is 0. The largest absolute Gasteiger partial charge is 0.355 e. The molecule has 1 atom stereocenters. The number of nitrogens with zero attached hydrogens (tertiary/aromatic N) is 5. The van der Waals surface area contributed by atoms with Crippen LogP contribution < -0.4 is 4.90 Å². The molecule has 2 aliphatic heterocycles. The molecular weight excluding hydrogens is 294 g/mol. The molecular formula is C16H25N5O2. The Hall–Kier alpha value is -1.73. The Balaban J connectivity index is 1.61. The van der Waals surface area contributed by atoms with Crippen LogP contribution in [-0.4, -0.2) is 71.6 Å². The molecule has 3 rings (SSSR count). The quantitative estimate of drug-likeness (QED) is 0.619. The third-order valence-corrected chi connectivity index (χ3v) is 5.12. The van der Waals surface area contributed by atoms with Crippen LogP contribution in [-0.2, 0) is 0 Å². The zero-order valence-corrected chi connectivity index (χ0v) is 13.9. The van der Waals surface area contributed by atoms with Crippen molar-refractivity contribution in [2.45, 2.75) is 26.3 Å². The Morgan fingerprint density at radius 1 is 1.30 bits per heavy atom. The van der Waals surface area contributed by atoms with Gasteiger partial charge in [-0.05, 0) is 26.0 Å². The highest BCUT2D eigenvalue weighted by Crippen LogP contribution is 2.26. The fourth-order valence-electron chi connectivity index (χ4n) is 3.59. The molecule has 2 saturated heterocycles. The lowest BCUT2D eigenvalue weighted by molar-refractivity contribution is -0.385. The maximum atomic E-state index is 10.9. The van der Waals surface area contributed by atoms with Crippen LogP contribution in [0.5, 0.6) is 0 Å². The first-order valence-electron chi connectivity index (χ1n) is 8.41. The van der Waals surface area contributed by atoms with Crippen molar-refractivity contribution in [1.82, 2.24) is 14.8 Å². The minimum atomic E-state index is -0.369. The third kappa shape index (κ3) is 3.45. The maximum absolute atomic E-state index is 10.9. The molecule has 7 heteroatoms. The minimum Gasteiger partial charge on any atom is -0.355 e. The summed E-state index contributed by atoms with van der Waals surface area (Å²) in [6.07, 6.45) is 2.53. The average Bonchev–Trinajstić information content (AvgIpc) is 3.04. The molecule has 0 bridgehead atoms. The zero-order valence-electron chi connectivity index (χ0n) is 13.9. The molecule has 1 aromatic heterocycles. The number of hydrogen-bond donors (Lipinski definition) is 0. The predicted molar refractivity (Wildman–Crippen MR) is 89.9 cm³/mol. The lowest BCUT2D eigenvalue weighted by Gasteiger charge is -2.37. The summed E-state index contributed by atoms with van der Waals surface area (Å²) in [6.45, 7) is 11.7. The first-order valence-corrected chi connectivity index (χ1v) is 8.41. The van der Waals surface area contributed by atoms with E-state index in [9.17, 15) is 10.1 Å². The molecule has 0 radical (unpaired) electrons. The van der Waals surface area contributed by atoms with Crippen molar-refractivity contribution in [2.24, 2.45) is 0 Å². The van der Waals surface area contributed by atoms with Crippen LogP contribution >= 0.6 is 0 Å². The number of aryl methyl sites for hydroxylation is 1. The lowest BCUT2D eigenvalue weighted by Crippen LogP contribution is -2.50. The Labute approximate surface area is 137 Å². The number of anilines is 1. The molecule has 126 valence electrons. The maximum Gasteiger partial charge on any atom is 0.290 e. The van der Waals surface area contributed by atoms with E-state index in [2.05, 4.69) is 26.6 Å². The van der Waals surface area contributed by atoms with Crippen molar-refractivity contribution in [3.05, 3.63) is 27.9 Å². The van der Waals surface area contributed by atoms with Crippen LogP contribution in [0.3, 0.4) is 0 Å². The van der Waals surface area contributed by atoms with Gasteiger partial charge in [-0.15, -0.1) is 0 Å². The molecule has 23 heavy (non-hydrogen) atoms. The normalized spacial score (nSPS) is 23.4. The average molecular weight is 319 g/mol. The van der Waals surface area contributed by atoms with Crippen LogP contribution in [0.4, 0.5) is 11.5 Å². The van der Waals surface area contributed by atoms with E-state index < -0.39 is 0 Å². The molecule has 0 N–H and O–H groups in total. The molecule has 2 aliphatic rings. The van der Waals surface area contributed by atoms with Gasteiger partial charge in [0.25, 0.3) is 5.69 Å². The topological polar surface area (TPSA) is 65.8 Å². The van der Waals surface area contributed by atoms with Crippen molar-refractivity contribution < 1.29 is 4.92 Å². The number of likely N-dealkylation sites (N-methyl/N-ethyl adjacent to an activating group) is 1. The van der Waals surface area contributed by atoms with E-state index in [-0.39, 0.29) is 10.6 Å². The number of hydrogen-bond acceptors (Lipinski definition) is 6. The summed E-state index contributed by atoms with van der Waals surface area (Å²) >= 11 is 0. The second-order valence-electron chi connectivity index (χ2n) is 6.44. The molecule has 0 aromatic carbocycles. The smallest absolute Gasteiger partial charge is 0.290 e. The summed E-state index contributed by atoms with van der Waals surface area (Å²) in [5, 5.41) is 10.9. The SMILES string of the molecule is CCN1CCN(C2CCN(c3cc(C)c([N+](=O)[O-])cn3)C2)CC1. The summed E-state index contributed by atoms with van der Waals surface area (Å²) in [5.74, 6) is 0.864. The van der Waals surface area contributed by atoms with Gasteiger partial charge in [0.2, 0.25) is 0 Å². The van der Waals surface area contributed by atoms with Gasteiger partial charge in [0.05, 0.1) is 4.92 Å². The van der Waals surface area contributed by atoms with Crippen LogP contribution in [0.25, 0.3) is 0 Å². The van der Waals surface area contributed by atoms with Gasteiger partial charge < -0.3 is 9.80 Å². The Morgan fingerprint density at radius 2 is 2.04 bits per heavy atom. The number of pyridine rings is 1. The molecule has 1 unspecified atom stereocenters. The highest BCUT2D eigenvalue weighted by atomic mass is 16.6. The van der Waals surface area contributed by atoms with Crippen LogP contribution in [0, 0.1) is 17.0 Å². The monoisotopic (exact) mass is 319 g/mol. The first kappa shape index (κ1) is 16.1. The molecule has 1 aromatic rings. The first-order chi connectivity index (χ1) is 11.1. The summed E-state index contributed by atoms with van der Waals surface area (Å²) in [5.41, 5.74) is 0.778. The highest BCUT2D eigenvalue weighted by Gasteiger charge is 2.30. The summed E-state index contributed by atoms with van der Waals surface area (Å²) in [6, 6.07) is 2.42. The van der Waals surface area contributed by atoms with Crippen molar-refractivity contribution in [2.75, 3.05) is 50.7 Å². The van der Waals surface area contributed by atoms with E-state index in [1.54, 1.807) is 6.92 Å². The van der Waals surface area contributed by atoms with Crippen LogP contribution in [0.2, 0.25) is 0 Å². The molecule has 0 saturated carbocycles. The fraction of sp³-hybridized carbons (Fsp3) is 0.688. The van der Waals surface area contributed by atoms with Crippen LogP contribution in [0.15, 0.2) is 12.3 Å². The molecule has 0 aliphatic carbocycles. The minimum absolute atomic E-state index is 0.0974. The van der Waals surface area contributed by atoms with E-state index in [1.807, 2.05) is 6.07 Å². The van der Waals surface area contributed by atoms with Gasteiger partial charge in [-0.3, -0.25) is 15.0 Å². The molecule has 7 nitrogen and oxygen atoms in total. The van der Waals surface area contributed by atoms with Crippen molar-refractivity contribution in [3.8, 4) is 0 Å². The molecule has 3 heterocycles. The Bertz CT molecular complexity index is 572. The van der Waals surface area contributed by atoms with Gasteiger partial charge in [0, 0.05) is 50.9 Å². The summed E-state index contributed by atoms with van der Waals surface area (Å²) in [4.78, 5) is 22.2. The van der Waals surface area contributed by atoms with E-state index in [4.69, 9.17) is 0 Å². The van der Waals surface area contributed by atoms with Crippen LogP contribution in [0.1, 0.15) is 18.9 Å². The number of piperazine rings is 1. The van der Waals surface area contributed by atoms with E-state index in [0.29, 0.717) is 11.6 Å². The van der Waals surface area contributed by atoms with Gasteiger partial charge in [-0.2, -0.15) is 0 Å². The molecule has 0 spiro atoms. The fourth-order valence-corrected chi connectivity index (χ4v) is 3.59. The van der Waals surface area contributed by atoms with Crippen molar-refractivity contribution in [3.63, 3.8) is 0 Å². The zero-order chi connectivity index (χ0) is 16.4. The van der Waals surface area contributed by atoms with Gasteiger partial charge >= 0.3 is 0 Å². The standard InChI is InChI=1S/C16H25N5O2/c1-3-18-6-8-19(9-7-18)14-4-5-20(12-14)16-10-13(2)15(11-17-16)21(22)23/h10-11,14H,3-9,12H2,1-2H3. The Kier molecular flexibility index (Phi) is 4.77. The van der Waals surface area contributed by atoms with Crippen molar-refractivity contribution >= 4 is 11.5 Å². The number of aromatic nitrogens is 1. The Morgan fingerprint density at radius 3 is 2.65 bits per heavy atom. The number of rotatable bonds is 4. The predicted octanol–water partition coefficient (Wildman–Crippen LogP) is 1.51. The molecule has 2 fully saturated rings. The lowest BCUT2D eigenvalue weighted by atomic mass is 10.2. The van der Waals surface area contributed by atoms with E-state index in [1.165, 1.54) is 6.20 Å². The van der Waals surface area contributed by atoms with Gasteiger partial charge in [0.15, 0.2) is 0 Å². The second-order valence-corrected chi connectivity index (χ2v) is 6.44. The highest BCUT2D eigenvalue weighted by molar-refractivity contribution is 5.49. The third-order valence-electron chi connectivity index (χ3n) is 5.12. The molecule has 0 amide bonds. The summed E-state index contributed by atoms with van der Waals surface area (Å²) < 4.78 is 0. The number of nitro groups is 1. The van der Waals surface area contributed by atoms with Crippen molar-refractivity contribution in [1.29, 1.82) is 0 Å². The van der Waals surface area contributed by atoms with E-state index >= 15 is 0 Å². The van der Waals surface area contributed by atoms with Gasteiger partial charge in [0.1, 0.15) is 12.0 Å². The van der Waals surface area contributed by atoms with E-state index in [0.717, 1.165) is 58.1 Å².